The van der Waals surface area contributed by atoms with Crippen molar-refractivity contribution >= 4 is 15.7 Å². The van der Waals surface area contributed by atoms with Gasteiger partial charge in [-0.1, -0.05) is 61.4 Å². The zero-order valence-corrected chi connectivity index (χ0v) is 21.2. The smallest absolute Gasteiger partial charge is 0.254 e. The fourth-order valence-corrected chi connectivity index (χ4v) is 5.69. The van der Waals surface area contributed by atoms with Crippen LogP contribution in [-0.2, 0) is 28.7 Å². The van der Waals surface area contributed by atoms with Gasteiger partial charge in [0.05, 0.1) is 24.2 Å². The van der Waals surface area contributed by atoms with Crippen molar-refractivity contribution in [1.82, 2.24) is 14.5 Å². The fourth-order valence-electron chi connectivity index (χ4n) is 4.20. The van der Waals surface area contributed by atoms with E-state index in [-0.39, 0.29) is 28.8 Å². The number of hydrogen-bond acceptors (Lipinski definition) is 4. The second-order valence-corrected chi connectivity index (χ2v) is 11.7. The Morgan fingerprint density at radius 1 is 1.09 bits per heavy atom. The minimum atomic E-state index is -3.65. The van der Waals surface area contributed by atoms with E-state index >= 15 is 0 Å². The van der Waals surface area contributed by atoms with E-state index in [9.17, 15) is 13.2 Å². The summed E-state index contributed by atoms with van der Waals surface area (Å²) >= 11 is 0. The molecule has 1 aliphatic carbocycles. The first-order valence-electron chi connectivity index (χ1n) is 11.8. The number of carbonyl (C=O) groups is 1. The monoisotopic (exact) mass is 479 g/mol. The number of imidazole rings is 1. The van der Waals surface area contributed by atoms with Crippen LogP contribution in [0.4, 0.5) is 0 Å². The summed E-state index contributed by atoms with van der Waals surface area (Å²) in [7, 11) is -3.65. The molecule has 1 fully saturated rings. The van der Waals surface area contributed by atoms with E-state index in [1.54, 1.807) is 10.8 Å². The number of benzene rings is 2. The largest absolute Gasteiger partial charge is 0.330 e. The van der Waals surface area contributed by atoms with Crippen molar-refractivity contribution in [2.45, 2.75) is 70.6 Å². The Morgan fingerprint density at radius 3 is 2.41 bits per heavy atom. The molecule has 7 heteroatoms. The van der Waals surface area contributed by atoms with Gasteiger partial charge in [-0.05, 0) is 50.3 Å². The minimum Gasteiger partial charge on any atom is -0.330 e. The number of hydrogen-bond donors (Lipinski definition) is 0. The van der Waals surface area contributed by atoms with Crippen LogP contribution in [0.1, 0.15) is 59.4 Å². The van der Waals surface area contributed by atoms with Gasteiger partial charge in [0.2, 0.25) is 15.0 Å². The molecule has 0 bridgehead atoms. The number of aromatic nitrogens is 2. The van der Waals surface area contributed by atoms with Crippen LogP contribution in [0.15, 0.2) is 59.9 Å². The van der Waals surface area contributed by atoms with Gasteiger partial charge in [-0.15, -0.1) is 0 Å². The quantitative estimate of drug-likeness (QED) is 0.436. The Bertz CT molecular complexity index is 1270. The summed E-state index contributed by atoms with van der Waals surface area (Å²) < 4.78 is 28.6. The molecule has 180 valence electrons. The first-order chi connectivity index (χ1) is 16.1. The van der Waals surface area contributed by atoms with E-state index in [0.717, 1.165) is 35.2 Å². The van der Waals surface area contributed by atoms with Crippen LogP contribution in [0.5, 0.6) is 0 Å². The molecular formula is C27H33N3O3S. The van der Waals surface area contributed by atoms with Gasteiger partial charge in [0, 0.05) is 18.2 Å². The van der Waals surface area contributed by atoms with E-state index < -0.39 is 9.84 Å². The summed E-state index contributed by atoms with van der Waals surface area (Å²) in [4.78, 5) is 19.6. The molecule has 0 atom stereocenters. The van der Waals surface area contributed by atoms with Gasteiger partial charge in [-0.3, -0.25) is 4.79 Å². The lowest BCUT2D eigenvalue weighted by Gasteiger charge is -2.24. The van der Waals surface area contributed by atoms with Gasteiger partial charge in [0.25, 0.3) is 5.91 Å². The Labute approximate surface area is 202 Å². The molecule has 6 nitrogen and oxygen atoms in total. The average molecular weight is 480 g/mol. The lowest BCUT2D eigenvalue weighted by atomic mass is 10.1. The topological polar surface area (TPSA) is 72.3 Å². The van der Waals surface area contributed by atoms with Crippen LogP contribution in [0.2, 0.25) is 0 Å². The number of amides is 1. The molecule has 0 unspecified atom stereocenters. The van der Waals surface area contributed by atoms with Crippen LogP contribution < -0.4 is 0 Å². The molecule has 2 aromatic carbocycles. The molecule has 1 saturated carbocycles. The third-order valence-corrected chi connectivity index (χ3v) is 7.64. The van der Waals surface area contributed by atoms with Crippen molar-refractivity contribution in [2.75, 3.05) is 0 Å². The Morgan fingerprint density at radius 2 is 1.79 bits per heavy atom. The molecule has 1 amide bonds. The molecule has 3 aromatic rings. The number of nitrogens with zero attached hydrogens (tertiary/aromatic N) is 3. The number of rotatable bonds is 9. The van der Waals surface area contributed by atoms with Crippen molar-refractivity contribution in [3.8, 4) is 0 Å². The van der Waals surface area contributed by atoms with Gasteiger partial charge < -0.3 is 9.47 Å². The zero-order valence-electron chi connectivity index (χ0n) is 20.4. The van der Waals surface area contributed by atoms with E-state index in [0.29, 0.717) is 18.7 Å². The maximum absolute atomic E-state index is 13.4. The molecule has 0 aliphatic heterocycles. The SMILES string of the molecule is Cc1ccc(C(=O)N(Cc2cnc(S(=O)(=O)Cc3cccc(C)c3)n2CC(C)C)C2CC2)cc1. The summed E-state index contributed by atoms with van der Waals surface area (Å²) in [5.41, 5.74) is 4.28. The van der Waals surface area contributed by atoms with Gasteiger partial charge in [0.1, 0.15) is 0 Å². The van der Waals surface area contributed by atoms with Crippen molar-refractivity contribution in [3.05, 3.63) is 82.7 Å². The van der Waals surface area contributed by atoms with E-state index in [1.807, 2.05) is 67.3 Å². The normalized spacial score (nSPS) is 13.9. The summed E-state index contributed by atoms with van der Waals surface area (Å²) in [5.74, 6) is 0.102. The third-order valence-electron chi connectivity index (χ3n) is 6.05. The highest BCUT2D eigenvalue weighted by Crippen LogP contribution is 2.31. The lowest BCUT2D eigenvalue weighted by molar-refractivity contribution is 0.0725. The van der Waals surface area contributed by atoms with Crippen LogP contribution in [0, 0.1) is 19.8 Å². The number of carbonyl (C=O) groups excluding carboxylic acids is 1. The second kappa shape index (κ2) is 9.74. The van der Waals surface area contributed by atoms with E-state index in [1.165, 1.54) is 0 Å². The van der Waals surface area contributed by atoms with Gasteiger partial charge in [-0.2, -0.15) is 0 Å². The standard InChI is InChI=1S/C27H33N3O3S/c1-19(2)16-30-25(15-28-27(30)34(32,33)18-22-7-5-6-21(4)14-22)17-29(24-12-13-24)26(31)23-10-8-20(3)9-11-23/h5-11,14-15,19,24H,12-13,16-18H2,1-4H3. The van der Waals surface area contributed by atoms with Crippen LogP contribution in [-0.4, -0.2) is 34.8 Å². The van der Waals surface area contributed by atoms with Gasteiger partial charge in [0.15, 0.2) is 0 Å². The predicted octanol–water partition coefficient (Wildman–Crippen LogP) is 4.93. The molecule has 0 radical (unpaired) electrons. The van der Waals surface area contributed by atoms with Crippen molar-refractivity contribution in [3.63, 3.8) is 0 Å². The zero-order chi connectivity index (χ0) is 24.5. The molecule has 34 heavy (non-hydrogen) atoms. The van der Waals surface area contributed by atoms with E-state index in [2.05, 4.69) is 18.8 Å². The first-order valence-corrected chi connectivity index (χ1v) is 13.5. The summed E-state index contributed by atoms with van der Waals surface area (Å²) in [6.07, 6.45) is 3.56. The van der Waals surface area contributed by atoms with E-state index in [4.69, 9.17) is 0 Å². The maximum Gasteiger partial charge on any atom is 0.254 e. The highest BCUT2D eigenvalue weighted by Gasteiger charge is 2.34. The molecule has 0 N–H and O–H groups in total. The fraction of sp³-hybridized carbons (Fsp3) is 0.407. The van der Waals surface area contributed by atoms with Gasteiger partial charge >= 0.3 is 0 Å². The molecular weight excluding hydrogens is 446 g/mol. The average Bonchev–Trinajstić information content (AvgIpc) is 3.53. The summed E-state index contributed by atoms with van der Waals surface area (Å²) in [6.45, 7) is 8.92. The molecule has 0 saturated heterocycles. The minimum absolute atomic E-state index is 0.0241. The molecule has 0 spiro atoms. The molecule has 1 aliphatic rings. The maximum atomic E-state index is 13.4. The second-order valence-electron chi connectivity index (χ2n) is 9.81. The predicted molar refractivity (Wildman–Crippen MR) is 133 cm³/mol. The van der Waals surface area contributed by atoms with Crippen LogP contribution in [0.25, 0.3) is 0 Å². The Hall–Kier alpha value is -2.93. The Kier molecular flexibility index (Phi) is 6.94. The number of aryl methyl sites for hydroxylation is 2. The molecule has 1 aromatic heterocycles. The molecule has 1 heterocycles. The van der Waals surface area contributed by atoms with Gasteiger partial charge in [-0.25, -0.2) is 13.4 Å². The molecule has 4 rings (SSSR count). The lowest BCUT2D eigenvalue weighted by Crippen LogP contribution is -2.33. The van der Waals surface area contributed by atoms with Crippen molar-refractivity contribution < 1.29 is 13.2 Å². The Balaban J connectivity index is 1.65. The highest BCUT2D eigenvalue weighted by molar-refractivity contribution is 7.90. The number of sulfone groups is 1. The third kappa shape index (κ3) is 5.58. The van der Waals surface area contributed by atoms with Crippen LogP contribution >= 0.6 is 0 Å². The van der Waals surface area contributed by atoms with Crippen LogP contribution in [0.3, 0.4) is 0 Å². The summed E-state index contributed by atoms with van der Waals surface area (Å²) in [5, 5.41) is 0.0798. The van der Waals surface area contributed by atoms with Crippen molar-refractivity contribution in [2.24, 2.45) is 5.92 Å². The first kappa shape index (κ1) is 24.2. The summed E-state index contributed by atoms with van der Waals surface area (Å²) in [6, 6.07) is 15.3. The van der Waals surface area contributed by atoms with Crippen molar-refractivity contribution in [1.29, 1.82) is 0 Å². The highest BCUT2D eigenvalue weighted by atomic mass is 32.2.